The van der Waals surface area contributed by atoms with Gasteiger partial charge in [-0.05, 0) is 101 Å². The molecule has 2 saturated carbocycles. The van der Waals surface area contributed by atoms with Crippen molar-refractivity contribution in [3.63, 3.8) is 0 Å². The van der Waals surface area contributed by atoms with Crippen LogP contribution in [0.5, 0.6) is 5.88 Å². The average molecular weight is 597 g/mol. The number of carbonyl (C=O) groups excluding carboxylic acids is 1. The van der Waals surface area contributed by atoms with Gasteiger partial charge in [0.15, 0.2) is 0 Å². The molecule has 3 N–H and O–H groups in total. The number of alkyl carbamates (subject to hydrolysis) is 1. The first-order valence-electron chi connectivity index (χ1n) is 14.6. The van der Waals surface area contributed by atoms with Gasteiger partial charge in [-0.1, -0.05) is 6.92 Å². The van der Waals surface area contributed by atoms with Gasteiger partial charge in [-0.3, -0.25) is 4.72 Å². The SMILES string of the molecule is CCc1cc(-c2ccc(NS(=O)(=O)C3CC3)nc2OC)cc2cnc(N[C@H]3CC[C@H](NC(=O)OC(C)(C)C)CC3)nc12. The summed E-state index contributed by atoms with van der Waals surface area (Å²) >= 11 is 0. The molecule has 226 valence electrons. The van der Waals surface area contributed by atoms with Gasteiger partial charge in [0.2, 0.25) is 21.9 Å². The first kappa shape index (κ1) is 29.8. The maximum atomic E-state index is 12.4. The van der Waals surface area contributed by atoms with E-state index in [1.807, 2.05) is 39.1 Å². The van der Waals surface area contributed by atoms with E-state index in [1.165, 1.54) is 7.11 Å². The summed E-state index contributed by atoms with van der Waals surface area (Å²) in [5, 5.41) is 7.02. The number of rotatable bonds is 9. The average Bonchev–Trinajstić information content (AvgIpc) is 3.79. The van der Waals surface area contributed by atoms with E-state index in [9.17, 15) is 13.2 Å². The number of pyridine rings is 1. The summed E-state index contributed by atoms with van der Waals surface area (Å²) < 4.78 is 38.2. The Morgan fingerprint density at radius 3 is 2.38 bits per heavy atom. The van der Waals surface area contributed by atoms with Crippen molar-refractivity contribution in [1.29, 1.82) is 0 Å². The number of anilines is 2. The summed E-state index contributed by atoms with van der Waals surface area (Å²) in [6, 6.07) is 7.87. The molecule has 1 amide bonds. The van der Waals surface area contributed by atoms with Crippen LogP contribution < -0.4 is 20.1 Å². The quantitative estimate of drug-likeness (QED) is 0.295. The number of sulfonamides is 1. The van der Waals surface area contributed by atoms with Crippen LogP contribution in [0.25, 0.3) is 22.0 Å². The minimum absolute atomic E-state index is 0.0967. The molecule has 0 radical (unpaired) electrons. The molecule has 2 fully saturated rings. The Hall–Kier alpha value is -3.67. The topological polar surface area (TPSA) is 144 Å². The lowest BCUT2D eigenvalue weighted by atomic mass is 9.91. The number of hydrogen-bond donors (Lipinski definition) is 3. The number of hydrogen-bond acceptors (Lipinski definition) is 9. The van der Waals surface area contributed by atoms with Crippen molar-refractivity contribution in [2.45, 2.75) is 95.6 Å². The second-order valence-electron chi connectivity index (χ2n) is 12.1. The predicted molar refractivity (Wildman–Crippen MR) is 163 cm³/mol. The van der Waals surface area contributed by atoms with Gasteiger partial charge in [0.1, 0.15) is 11.4 Å². The molecule has 1 aromatic carbocycles. The van der Waals surface area contributed by atoms with Crippen LogP contribution in [-0.2, 0) is 21.2 Å². The molecule has 42 heavy (non-hydrogen) atoms. The molecule has 2 heterocycles. The molecule has 0 aliphatic heterocycles. The van der Waals surface area contributed by atoms with Gasteiger partial charge in [0, 0.05) is 29.2 Å². The fraction of sp³-hybridized carbons (Fsp3) is 0.533. The number of ether oxygens (including phenoxy) is 2. The molecule has 2 aromatic heterocycles. The normalized spacial score (nSPS) is 19.3. The molecule has 0 atom stereocenters. The Kier molecular flexibility index (Phi) is 8.45. The monoisotopic (exact) mass is 596 g/mol. The van der Waals surface area contributed by atoms with Gasteiger partial charge in [-0.25, -0.2) is 23.2 Å². The smallest absolute Gasteiger partial charge is 0.407 e. The Morgan fingerprint density at radius 2 is 1.74 bits per heavy atom. The highest BCUT2D eigenvalue weighted by atomic mass is 32.2. The molecule has 0 bridgehead atoms. The summed E-state index contributed by atoms with van der Waals surface area (Å²) in [4.78, 5) is 26.0. The van der Waals surface area contributed by atoms with Crippen LogP contribution in [0.1, 0.15) is 71.8 Å². The number of aryl methyl sites for hydroxylation is 1. The first-order valence-corrected chi connectivity index (χ1v) is 16.1. The highest BCUT2D eigenvalue weighted by Crippen LogP contribution is 2.35. The van der Waals surface area contributed by atoms with Crippen molar-refractivity contribution in [2.75, 3.05) is 17.1 Å². The number of nitrogens with zero attached hydrogens (tertiary/aromatic N) is 3. The van der Waals surface area contributed by atoms with Crippen LogP contribution in [0.15, 0.2) is 30.5 Å². The van der Waals surface area contributed by atoms with E-state index in [0.717, 1.165) is 59.7 Å². The van der Waals surface area contributed by atoms with Crippen LogP contribution >= 0.6 is 0 Å². The lowest BCUT2D eigenvalue weighted by Crippen LogP contribution is -2.42. The van der Waals surface area contributed by atoms with Gasteiger partial charge in [-0.15, -0.1) is 0 Å². The lowest BCUT2D eigenvalue weighted by molar-refractivity contribution is 0.0492. The van der Waals surface area contributed by atoms with Gasteiger partial charge in [-0.2, -0.15) is 4.98 Å². The Labute approximate surface area is 247 Å². The molecule has 0 saturated heterocycles. The third kappa shape index (κ3) is 7.21. The van der Waals surface area contributed by atoms with E-state index in [-0.39, 0.29) is 29.2 Å². The fourth-order valence-electron chi connectivity index (χ4n) is 5.23. The van der Waals surface area contributed by atoms with E-state index in [4.69, 9.17) is 14.5 Å². The minimum atomic E-state index is -3.42. The van der Waals surface area contributed by atoms with Crippen LogP contribution in [0.2, 0.25) is 0 Å². The molecule has 12 heteroatoms. The van der Waals surface area contributed by atoms with Gasteiger partial charge in [0.25, 0.3) is 0 Å². The zero-order chi connectivity index (χ0) is 30.1. The third-order valence-electron chi connectivity index (χ3n) is 7.50. The van der Waals surface area contributed by atoms with E-state index < -0.39 is 15.6 Å². The molecule has 11 nitrogen and oxygen atoms in total. The number of amides is 1. The zero-order valence-electron chi connectivity index (χ0n) is 24.9. The highest BCUT2D eigenvalue weighted by Gasteiger charge is 2.36. The fourth-order valence-corrected chi connectivity index (χ4v) is 6.56. The number of carbonyl (C=O) groups is 1. The number of fused-ring (bicyclic) bond motifs is 1. The largest absolute Gasteiger partial charge is 0.480 e. The molecule has 0 spiro atoms. The number of methoxy groups -OCH3 is 1. The van der Waals surface area contributed by atoms with Crippen molar-refractivity contribution in [3.05, 3.63) is 36.0 Å². The van der Waals surface area contributed by atoms with Crippen LogP contribution in [0.4, 0.5) is 16.6 Å². The molecule has 2 aliphatic rings. The van der Waals surface area contributed by atoms with Gasteiger partial charge >= 0.3 is 6.09 Å². The van der Waals surface area contributed by atoms with E-state index in [2.05, 4.69) is 38.3 Å². The number of benzene rings is 1. The van der Waals surface area contributed by atoms with Crippen LogP contribution in [0, 0.1) is 0 Å². The lowest BCUT2D eigenvalue weighted by Gasteiger charge is -2.30. The standard InChI is InChI=1S/C30H40N6O5S/c1-6-18-15-19(24-13-14-25(34-27(24)40-5)36-42(38,39)23-11-12-23)16-20-17-31-28(35-26(18)20)32-21-7-9-22(10-8-21)33-29(37)41-30(2,3)4/h13-17,21-23H,6-12H2,1-5H3,(H,33,37)(H,34,36)(H,31,32,35)/t21-,22-. The zero-order valence-corrected chi connectivity index (χ0v) is 25.7. The number of nitrogens with one attached hydrogen (secondary N) is 3. The number of aromatic nitrogens is 3. The summed E-state index contributed by atoms with van der Waals surface area (Å²) in [5.41, 5.74) is 3.06. The molecular formula is C30H40N6O5S. The van der Waals surface area contributed by atoms with E-state index >= 15 is 0 Å². The molecule has 0 unspecified atom stereocenters. The van der Waals surface area contributed by atoms with Crippen molar-refractivity contribution in [3.8, 4) is 17.0 Å². The van der Waals surface area contributed by atoms with E-state index in [0.29, 0.717) is 24.7 Å². The Morgan fingerprint density at radius 1 is 1.02 bits per heavy atom. The highest BCUT2D eigenvalue weighted by molar-refractivity contribution is 7.93. The summed E-state index contributed by atoms with van der Waals surface area (Å²) in [6.45, 7) is 7.66. The van der Waals surface area contributed by atoms with Crippen molar-refractivity contribution in [1.82, 2.24) is 20.3 Å². The maximum Gasteiger partial charge on any atom is 0.407 e. The third-order valence-corrected chi connectivity index (χ3v) is 9.34. The Balaban J connectivity index is 1.28. The summed E-state index contributed by atoms with van der Waals surface area (Å²) in [6.07, 6.45) is 7.05. The molecule has 5 rings (SSSR count). The van der Waals surface area contributed by atoms with Crippen LogP contribution in [0.3, 0.4) is 0 Å². The van der Waals surface area contributed by atoms with Crippen LogP contribution in [-0.4, -0.2) is 59.5 Å². The van der Waals surface area contributed by atoms with Gasteiger partial charge in [0.05, 0.1) is 17.9 Å². The summed E-state index contributed by atoms with van der Waals surface area (Å²) in [7, 11) is -1.90. The molecule has 3 aromatic rings. The second kappa shape index (κ2) is 11.9. The van der Waals surface area contributed by atoms with Crippen molar-refractivity contribution < 1.29 is 22.7 Å². The van der Waals surface area contributed by atoms with Crippen molar-refractivity contribution in [2.24, 2.45) is 0 Å². The molecule has 2 aliphatic carbocycles. The minimum Gasteiger partial charge on any atom is -0.480 e. The second-order valence-corrected chi connectivity index (χ2v) is 14.0. The predicted octanol–water partition coefficient (Wildman–Crippen LogP) is 5.41. The van der Waals surface area contributed by atoms with Crippen molar-refractivity contribution >= 4 is 38.8 Å². The first-order chi connectivity index (χ1) is 19.9. The Bertz CT molecular complexity index is 1560. The summed E-state index contributed by atoms with van der Waals surface area (Å²) in [5.74, 6) is 1.16. The molecular weight excluding hydrogens is 556 g/mol. The van der Waals surface area contributed by atoms with Gasteiger partial charge < -0.3 is 20.1 Å². The maximum absolute atomic E-state index is 12.4. The van der Waals surface area contributed by atoms with E-state index in [1.54, 1.807) is 6.07 Å².